The highest BCUT2D eigenvalue weighted by molar-refractivity contribution is 7.86. The molecule has 0 spiro atoms. The van der Waals surface area contributed by atoms with Crippen LogP contribution in [0.15, 0.2) is 12.2 Å². The summed E-state index contributed by atoms with van der Waals surface area (Å²) in [5, 5.41) is 0. The summed E-state index contributed by atoms with van der Waals surface area (Å²) in [6.45, 7) is 4.00. The van der Waals surface area contributed by atoms with Crippen LogP contribution in [0.5, 0.6) is 0 Å². The predicted molar refractivity (Wildman–Crippen MR) is 106 cm³/mol. The molecule has 1 unspecified atom stereocenters. The van der Waals surface area contributed by atoms with Crippen molar-refractivity contribution in [2.24, 2.45) is 0 Å². The predicted octanol–water partition coefficient (Wildman–Crippen LogP) is 6.27. The van der Waals surface area contributed by atoms with Gasteiger partial charge < -0.3 is 4.74 Å². The van der Waals surface area contributed by atoms with E-state index in [-0.39, 0.29) is 0 Å². The van der Waals surface area contributed by atoms with E-state index >= 15 is 0 Å². The van der Waals surface area contributed by atoms with Crippen LogP contribution in [0.4, 0.5) is 0 Å². The highest BCUT2D eigenvalue weighted by atomic mass is 32.2. The Bertz CT molecular complexity index is 404. The van der Waals surface area contributed by atoms with Crippen LogP contribution in [0, 0.1) is 0 Å². The number of hydrogen-bond acceptors (Lipinski definition) is 3. The van der Waals surface area contributed by atoms with Gasteiger partial charge in [0.05, 0.1) is 0 Å². The van der Waals surface area contributed by atoms with Crippen LogP contribution in [0.3, 0.4) is 0 Å². The van der Waals surface area contributed by atoms with Crippen molar-refractivity contribution >= 4 is 10.1 Å². The maximum absolute atomic E-state index is 10.8. The molecule has 0 saturated carbocycles. The van der Waals surface area contributed by atoms with Gasteiger partial charge in [-0.2, -0.15) is 8.42 Å². The van der Waals surface area contributed by atoms with E-state index in [1.807, 2.05) is 0 Å². The fourth-order valence-electron chi connectivity index (χ4n) is 2.68. The Morgan fingerprint density at radius 2 is 1.24 bits per heavy atom. The lowest BCUT2D eigenvalue weighted by Crippen LogP contribution is -2.20. The van der Waals surface area contributed by atoms with Gasteiger partial charge in [-0.15, -0.1) is 0 Å². The molecule has 0 fully saturated rings. The van der Waals surface area contributed by atoms with Crippen LogP contribution in [0.25, 0.3) is 0 Å². The molecule has 0 bridgehead atoms. The first-order valence-corrected chi connectivity index (χ1v) is 11.7. The molecular weight excluding hydrogens is 336 g/mol. The second-order valence-electron chi connectivity index (χ2n) is 6.89. The van der Waals surface area contributed by atoms with E-state index in [1.54, 1.807) is 0 Å². The number of allylic oxidation sites excluding steroid dienone is 2. The Morgan fingerprint density at radius 3 is 1.72 bits per heavy atom. The van der Waals surface area contributed by atoms with Gasteiger partial charge in [0.15, 0.2) is 5.44 Å². The Morgan fingerprint density at radius 1 is 0.800 bits per heavy atom. The van der Waals surface area contributed by atoms with Gasteiger partial charge in [-0.25, -0.2) is 0 Å². The highest BCUT2D eigenvalue weighted by Gasteiger charge is 2.16. The molecule has 0 aromatic rings. The van der Waals surface area contributed by atoms with Crippen molar-refractivity contribution in [3.05, 3.63) is 12.2 Å². The maximum Gasteiger partial charge on any atom is 0.291 e. The smallest absolute Gasteiger partial charge is 0.291 e. The van der Waals surface area contributed by atoms with Gasteiger partial charge in [0.25, 0.3) is 10.1 Å². The van der Waals surface area contributed by atoms with E-state index in [1.165, 1.54) is 77.6 Å². The minimum Gasteiger partial charge on any atom is -0.360 e. The summed E-state index contributed by atoms with van der Waals surface area (Å²) in [6.07, 6.45) is 22.1. The van der Waals surface area contributed by atoms with E-state index in [2.05, 4.69) is 19.1 Å². The molecule has 4 nitrogen and oxygen atoms in total. The van der Waals surface area contributed by atoms with Gasteiger partial charge in [-0.3, -0.25) is 4.55 Å². The molecule has 0 amide bonds. The van der Waals surface area contributed by atoms with Crippen LogP contribution in [-0.2, 0) is 14.9 Å². The van der Waals surface area contributed by atoms with Crippen LogP contribution >= 0.6 is 0 Å². The average Bonchev–Trinajstić information content (AvgIpc) is 2.56. The van der Waals surface area contributed by atoms with Crippen molar-refractivity contribution in [1.82, 2.24) is 0 Å². The van der Waals surface area contributed by atoms with E-state index in [0.717, 1.165) is 19.3 Å². The number of ether oxygens (including phenoxy) is 1. The van der Waals surface area contributed by atoms with E-state index in [4.69, 9.17) is 9.29 Å². The zero-order valence-corrected chi connectivity index (χ0v) is 17.2. The summed E-state index contributed by atoms with van der Waals surface area (Å²) < 4.78 is 35.4. The van der Waals surface area contributed by atoms with Crippen LogP contribution in [-0.4, -0.2) is 25.0 Å². The minimum absolute atomic E-state index is 0.391. The first-order chi connectivity index (χ1) is 12.0. The SMILES string of the molecule is CCCCCCCCC=CCCCCCCCCOC(C)S(=O)(=O)O. The van der Waals surface area contributed by atoms with Crippen LogP contribution < -0.4 is 0 Å². The Balaban J connectivity index is 3.22. The first-order valence-electron chi connectivity index (χ1n) is 10.2. The van der Waals surface area contributed by atoms with Crippen molar-refractivity contribution in [1.29, 1.82) is 0 Å². The van der Waals surface area contributed by atoms with Gasteiger partial charge in [-0.1, -0.05) is 76.9 Å². The highest BCUT2D eigenvalue weighted by Crippen LogP contribution is 2.10. The third-order valence-corrected chi connectivity index (χ3v) is 5.40. The largest absolute Gasteiger partial charge is 0.360 e. The van der Waals surface area contributed by atoms with Gasteiger partial charge in [-0.05, 0) is 39.0 Å². The molecule has 0 aromatic carbocycles. The van der Waals surface area contributed by atoms with E-state index in [0.29, 0.717) is 6.61 Å². The molecular formula is C20H40O4S. The van der Waals surface area contributed by atoms with Gasteiger partial charge in [0.2, 0.25) is 0 Å². The van der Waals surface area contributed by atoms with Crippen molar-refractivity contribution in [2.45, 2.75) is 109 Å². The molecule has 1 N–H and O–H groups in total. The third kappa shape index (κ3) is 18.2. The minimum atomic E-state index is -4.05. The van der Waals surface area contributed by atoms with E-state index < -0.39 is 15.6 Å². The van der Waals surface area contributed by atoms with Crippen molar-refractivity contribution < 1.29 is 17.7 Å². The zero-order chi connectivity index (χ0) is 18.8. The molecule has 150 valence electrons. The molecule has 1 atom stereocenters. The quantitative estimate of drug-likeness (QED) is 0.174. The normalized spacial score (nSPS) is 13.6. The number of unbranched alkanes of at least 4 members (excludes halogenated alkanes) is 12. The molecule has 0 aromatic heterocycles. The monoisotopic (exact) mass is 376 g/mol. The second kappa shape index (κ2) is 17.0. The maximum atomic E-state index is 10.8. The molecule has 25 heavy (non-hydrogen) atoms. The molecule has 0 aliphatic rings. The van der Waals surface area contributed by atoms with E-state index in [9.17, 15) is 8.42 Å². The molecule has 0 saturated heterocycles. The summed E-state index contributed by atoms with van der Waals surface area (Å²) in [5.41, 5.74) is -1.12. The zero-order valence-electron chi connectivity index (χ0n) is 16.4. The summed E-state index contributed by atoms with van der Waals surface area (Å²) >= 11 is 0. The summed E-state index contributed by atoms with van der Waals surface area (Å²) in [6, 6.07) is 0. The summed E-state index contributed by atoms with van der Waals surface area (Å²) in [5.74, 6) is 0. The summed E-state index contributed by atoms with van der Waals surface area (Å²) in [7, 11) is -4.05. The topological polar surface area (TPSA) is 63.6 Å². The fraction of sp³-hybridized carbons (Fsp3) is 0.900. The van der Waals surface area contributed by atoms with Gasteiger partial charge in [0, 0.05) is 6.61 Å². The second-order valence-corrected chi connectivity index (χ2v) is 8.59. The lowest BCUT2D eigenvalue weighted by molar-refractivity contribution is 0.106. The molecule has 0 aliphatic heterocycles. The Kier molecular flexibility index (Phi) is 16.8. The first kappa shape index (κ1) is 24.6. The molecule has 0 radical (unpaired) electrons. The Hall–Kier alpha value is -0.390. The molecule has 0 aliphatic carbocycles. The Labute approximate surface area is 156 Å². The number of hydrogen-bond donors (Lipinski definition) is 1. The fourth-order valence-corrected chi connectivity index (χ4v) is 2.95. The molecule has 0 rings (SSSR count). The molecule has 5 heteroatoms. The number of rotatable bonds is 18. The van der Waals surface area contributed by atoms with Gasteiger partial charge >= 0.3 is 0 Å². The van der Waals surface area contributed by atoms with Crippen LogP contribution in [0.2, 0.25) is 0 Å². The summed E-state index contributed by atoms with van der Waals surface area (Å²) in [4.78, 5) is 0. The lowest BCUT2D eigenvalue weighted by atomic mass is 10.1. The molecule has 0 heterocycles. The average molecular weight is 377 g/mol. The van der Waals surface area contributed by atoms with Crippen molar-refractivity contribution in [3.63, 3.8) is 0 Å². The van der Waals surface area contributed by atoms with Crippen molar-refractivity contribution in [3.8, 4) is 0 Å². The third-order valence-electron chi connectivity index (χ3n) is 4.43. The van der Waals surface area contributed by atoms with Crippen molar-refractivity contribution in [2.75, 3.05) is 6.61 Å². The van der Waals surface area contributed by atoms with Gasteiger partial charge in [0.1, 0.15) is 0 Å². The van der Waals surface area contributed by atoms with Crippen LogP contribution in [0.1, 0.15) is 104 Å². The standard InChI is InChI=1S/C20H40O4S/c1-3-4-5-6-7-8-9-10-11-12-13-14-15-16-17-18-19-24-20(2)25(21,22)23/h10-11,20H,3-9,12-19H2,1-2H3,(H,21,22,23). The lowest BCUT2D eigenvalue weighted by Gasteiger charge is -2.09.